The number of hydrogen-bond donors (Lipinski definition) is 1. The standard InChI is InChI=1S/C19H22ClN3O2/c1-14-3-4-15(2)19(11-14)22-9-7-21(8-10-22)13-16-12-17(23(24)25)5-6-18(16)20/h3-6,11-12H,7-10,13H2,1-2H3/p+1. The first-order valence-electron chi connectivity index (χ1n) is 8.52. The van der Waals surface area contributed by atoms with Crippen molar-refractivity contribution in [2.45, 2.75) is 20.4 Å². The summed E-state index contributed by atoms with van der Waals surface area (Å²) in [5.74, 6) is 0. The van der Waals surface area contributed by atoms with E-state index >= 15 is 0 Å². The maximum atomic E-state index is 11.0. The average Bonchev–Trinajstić information content (AvgIpc) is 2.59. The Morgan fingerprint density at radius 1 is 1.16 bits per heavy atom. The molecule has 1 N–H and O–H groups in total. The van der Waals surface area contributed by atoms with E-state index in [-0.39, 0.29) is 10.6 Å². The summed E-state index contributed by atoms with van der Waals surface area (Å²) in [5, 5.41) is 11.6. The van der Waals surface area contributed by atoms with Crippen molar-refractivity contribution in [2.24, 2.45) is 0 Å². The van der Waals surface area contributed by atoms with E-state index in [2.05, 4.69) is 36.9 Å². The van der Waals surface area contributed by atoms with Gasteiger partial charge >= 0.3 is 0 Å². The summed E-state index contributed by atoms with van der Waals surface area (Å²) >= 11 is 6.24. The molecule has 1 aliphatic rings. The Balaban J connectivity index is 1.66. The maximum absolute atomic E-state index is 11.0. The number of halogens is 1. The van der Waals surface area contributed by atoms with Gasteiger partial charge in [-0.2, -0.15) is 0 Å². The molecule has 132 valence electrons. The van der Waals surface area contributed by atoms with Crippen LogP contribution in [0.1, 0.15) is 16.7 Å². The molecule has 0 spiro atoms. The van der Waals surface area contributed by atoms with Crippen molar-refractivity contribution in [1.82, 2.24) is 0 Å². The van der Waals surface area contributed by atoms with Gasteiger partial charge in [0, 0.05) is 28.4 Å². The summed E-state index contributed by atoms with van der Waals surface area (Å²) in [6, 6.07) is 11.3. The van der Waals surface area contributed by atoms with Gasteiger partial charge in [-0.1, -0.05) is 23.7 Å². The van der Waals surface area contributed by atoms with E-state index < -0.39 is 0 Å². The summed E-state index contributed by atoms with van der Waals surface area (Å²) in [4.78, 5) is 14.4. The largest absolute Gasteiger partial charge is 0.360 e. The Morgan fingerprint density at radius 3 is 2.56 bits per heavy atom. The van der Waals surface area contributed by atoms with E-state index in [1.807, 2.05) is 0 Å². The maximum Gasteiger partial charge on any atom is 0.270 e. The summed E-state index contributed by atoms with van der Waals surface area (Å²) in [7, 11) is 0. The number of quaternary nitrogens is 1. The molecule has 2 aromatic carbocycles. The minimum Gasteiger partial charge on any atom is -0.360 e. The molecule has 0 saturated carbocycles. The number of anilines is 1. The zero-order valence-electron chi connectivity index (χ0n) is 14.6. The van der Waals surface area contributed by atoms with E-state index in [0.29, 0.717) is 5.02 Å². The van der Waals surface area contributed by atoms with Gasteiger partial charge in [-0.15, -0.1) is 0 Å². The van der Waals surface area contributed by atoms with Crippen molar-refractivity contribution in [3.8, 4) is 0 Å². The molecule has 0 aliphatic carbocycles. The number of nitrogens with one attached hydrogen (secondary N) is 1. The quantitative estimate of drug-likeness (QED) is 0.673. The van der Waals surface area contributed by atoms with E-state index in [1.54, 1.807) is 12.1 Å². The first-order chi connectivity index (χ1) is 11.9. The lowest BCUT2D eigenvalue weighted by Crippen LogP contribution is -3.13. The van der Waals surface area contributed by atoms with Crippen LogP contribution in [0.2, 0.25) is 5.02 Å². The van der Waals surface area contributed by atoms with Gasteiger partial charge in [0.1, 0.15) is 6.54 Å². The molecule has 1 fully saturated rings. The lowest BCUT2D eigenvalue weighted by atomic mass is 10.1. The van der Waals surface area contributed by atoms with Gasteiger partial charge in [-0.3, -0.25) is 10.1 Å². The van der Waals surface area contributed by atoms with Crippen molar-refractivity contribution in [3.63, 3.8) is 0 Å². The van der Waals surface area contributed by atoms with Gasteiger partial charge < -0.3 is 9.80 Å². The Kier molecular flexibility index (Phi) is 5.25. The Labute approximate surface area is 153 Å². The molecule has 6 heteroatoms. The van der Waals surface area contributed by atoms with Crippen LogP contribution in [0.25, 0.3) is 0 Å². The van der Waals surface area contributed by atoms with E-state index in [1.165, 1.54) is 27.8 Å². The van der Waals surface area contributed by atoms with Crippen molar-refractivity contribution >= 4 is 23.0 Å². The highest BCUT2D eigenvalue weighted by Gasteiger charge is 2.23. The van der Waals surface area contributed by atoms with Crippen LogP contribution in [-0.2, 0) is 6.54 Å². The average molecular weight is 361 g/mol. The van der Waals surface area contributed by atoms with Crippen molar-refractivity contribution in [2.75, 3.05) is 31.1 Å². The molecule has 0 radical (unpaired) electrons. The highest BCUT2D eigenvalue weighted by molar-refractivity contribution is 6.31. The molecule has 25 heavy (non-hydrogen) atoms. The number of non-ortho nitro benzene ring substituents is 1. The molecule has 1 saturated heterocycles. The molecule has 1 heterocycles. The molecule has 5 nitrogen and oxygen atoms in total. The monoisotopic (exact) mass is 360 g/mol. The first-order valence-corrected chi connectivity index (χ1v) is 8.90. The molecular weight excluding hydrogens is 338 g/mol. The summed E-state index contributed by atoms with van der Waals surface area (Å²) in [6.45, 7) is 8.93. The molecule has 0 aromatic heterocycles. The fourth-order valence-corrected chi connectivity index (χ4v) is 3.56. The normalized spacial score (nSPS) is 15.4. The highest BCUT2D eigenvalue weighted by Crippen LogP contribution is 2.23. The second-order valence-electron chi connectivity index (χ2n) is 6.74. The summed E-state index contributed by atoms with van der Waals surface area (Å²) < 4.78 is 0. The number of hydrogen-bond acceptors (Lipinski definition) is 3. The van der Waals surface area contributed by atoms with Crippen LogP contribution in [0.4, 0.5) is 11.4 Å². The second kappa shape index (κ2) is 7.42. The molecule has 0 amide bonds. The summed E-state index contributed by atoms with van der Waals surface area (Å²) in [5.41, 5.74) is 4.85. The number of piperazine rings is 1. The Bertz CT molecular complexity index is 786. The van der Waals surface area contributed by atoms with Crippen LogP contribution in [0.5, 0.6) is 0 Å². The van der Waals surface area contributed by atoms with Gasteiger partial charge in [0.2, 0.25) is 0 Å². The molecule has 0 atom stereocenters. The smallest absolute Gasteiger partial charge is 0.270 e. The zero-order chi connectivity index (χ0) is 18.0. The van der Waals surface area contributed by atoms with Crippen LogP contribution < -0.4 is 9.80 Å². The number of nitro groups is 1. The number of rotatable bonds is 4. The van der Waals surface area contributed by atoms with Crippen LogP contribution in [0, 0.1) is 24.0 Å². The fraction of sp³-hybridized carbons (Fsp3) is 0.368. The van der Waals surface area contributed by atoms with Gasteiger partial charge in [0.15, 0.2) is 0 Å². The Hall–Kier alpha value is -2.11. The lowest BCUT2D eigenvalue weighted by molar-refractivity contribution is -0.914. The minimum atomic E-state index is -0.367. The number of nitrogens with zero attached hydrogens (tertiary/aromatic N) is 2. The van der Waals surface area contributed by atoms with Gasteiger partial charge in [-0.05, 0) is 37.1 Å². The van der Waals surface area contributed by atoms with Gasteiger partial charge in [0.25, 0.3) is 5.69 Å². The molecular formula is C19H23ClN3O2+. The number of nitro benzene ring substituents is 1. The van der Waals surface area contributed by atoms with Crippen LogP contribution >= 0.6 is 11.6 Å². The fourth-order valence-electron chi connectivity index (χ4n) is 3.38. The first kappa shape index (κ1) is 17.7. The molecule has 1 aliphatic heterocycles. The third-order valence-corrected chi connectivity index (χ3v) is 5.23. The second-order valence-corrected chi connectivity index (χ2v) is 7.14. The van der Waals surface area contributed by atoms with Crippen LogP contribution in [0.15, 0.2) is 36.4 Å². The summed E-state index contributed by atoms with van der Waals surface area (Å²) in [6.07, 6.45) is 0. The highest BCUT2D eigenvalue weighted by atomic mass is 35.5. The Morgan fingerprint density at radius 2 is 1.88 bits per heavy atom. The van der Waals surface area contributed by atoms with Crippen molar-refractivity contribution in [3.05, 3.63) is 68.2 Å². The predicted molar refractivity (Wildman–Crippen MR) is 101 cm³/mol. The predicted octanol–water partition coefficient (Wildman–Crippen LogP) is 2.77. The molecule has 3 rings (SSSR count). The van der Waals surface area contributed by atoms with Crippen molar-refractivity contribution < 1.29 is 9.82 Å². The van der Waals surface area contributed by atoms with E-state index in [0.717, 1.165) is 38.3 Å². The van der Waals surface area contributed by atoms with Gasteiger partial charge in [0.05, 0.1) is 31.1 Å². The van der Waals surface area contributed by atoms with Gasteiger partial charge in [-0.25, -0.2) is 0 Å². The van der Waals surface area contributed by atoms with E-state index in [9.17, 15) is 10.1 Å². The number of aryl methyl sites for hydroxylation is 2. The van der Waals surface area contributed by atoms with Crippen molar-refractivity contribution in [1.29, 1.82) is 0 Å². The zero-order valence-corrected chi connectivity index (χ0v) is 15.3. The molecule has 0 bridgehead atoms. The topological polar surface area (TPSA) is 50.8 Å². The van der Waals surface area contributed by atoms with Crippen LogP contribution in [-0.4, -0.2) is 31.1 Å². The minimum absolute atomic E-state index is 0.104. The molecule has 0 unspecified atom stereocenters. The lowest BCUT2D eigenvalue weighted by Gasteiger charge is -2.34. The van der Waals surface area contributed by atoms with Crippen LogP contribution in [0.3, 0.4) is 0 Å². The van der Waals surface area contributed by atoms with E-state index in [4.69, 9.17) is 11.6 Å². The third-order valence-electron chi connectivity index (χ3n) is 4.86. The third kappa shape index (κ3) is 4.11. The SMILES string of the molecule is Cc1ccc(C)c(N2CC[NH+](Cc3cc([N+](=O)[O-])ccc3Cl)CC2)c1. The molecule has 2 aromatic rings. The number of benzene rings is 2.